The number of pyridine rings is 1. The third kappa shape index (κ3) is 4.12. The van der Waals surface area contributed by atoms with E-state index in [0.717, 1.165) is 22.9 Å². The lowest BCUT2D eigenvalue weighted by molar-refractivity contribution is 0.539. The van der Waals surface area contributed by atoms with E-state index in [9.17, 15) is 14.9 Å². The van der Waals surface area contributed by atoms with E-state index in [1.54, 1.807) is 24.4 Å². The number of rotatable bonds is 3. The highest BCUT2D eigenvalue weighted by molar-refractivity contribution is 7.00. The molecule has 46 heavy (non-hydrogen) atoms. The van der Waals surface area contributed by atoms with Crippen LogP contribution in [-0.4, -0.2) is 13.7 Å². The first-order chi connectivity index (χ1) is 22.4. The lowest BCUT2D eigenvalue weighted by Gasteiger charge is -2.17. The fourth-order valence-electron chi connectivity index (χ4n) is 5.73. The lowest BCUT2D eigenvalue weighted by atomic mass is 9.87. The number of benzene rings is 5. The highest BCUT2D eigenvalue weighted by Gasteiger charge is 2.27. The minimum absolute atomic E-state index is 0.0440. The second kappa shape index (κ2) is 10.8. The molecule has 11 heteroatoms. The van der Waals surface area contributed by atoms with Crippen LogP contribution < -0.4 is 0 Å². The van der Waals surface area contributed by atoms with E-state index < -0.39 is 34.1 Å². The molecule has 214 valence electrons. The van der Waals surface area contributed by atoms with Crippen LogP contribution in [0.2, 0.25) is 0 Å². The first-order valence-electron chi connectivity index (χ1n) is 13.4. The predicted octanol–water partition coefficient (Wildman–Crippen LogP) is 9.66. The van der Waals surface area contributed by atoms with Gasteiger partial charge in [0.25, 0.3) is 0 Å². The van der Waals surface area contributed by atoms with Crippen molar-refractivity contribution in [3.63, 3.8) is 0 Å². The fraction of sp³-hybridized carbons (Fsp3) is 0. The molecular weight excluding hydrogens is 607 g/mol. The summed E-state index contributed by atoms with van der Waals surface area (Å²) in [6, 6.07) is 21.6. The van der Waals surface area contributed by atoms with Gasteiger partial charge in [-0.15, -0.1) is 0 Å². The maximum Gasteiger partial charge on any atom is 0.177 e. The quantitative estimate of drug-likeness (QED) is 0.145. The SMILES string of the molecule is [C-]#[N+]c1cc([N+]#[C-])cc(-c2c(-c3ccccc3)c3cnc4cc(-c5c(F)c(C#N)c(F)c(C#N)c5F)ccc4c3c3nsnc23)c1. The second-order valence-corrected chi connectivity index (χ2v) is 10.6. The maximum absolute atomic E-state index is 15.3. The van der Waals surface area contributed by atoms with Crippen LogP contribution in [0.25, 0.3) is 75.8 Å². The summed E-state index contributed by atoms with van der Waals surface area (Å²) in [6.45, 7) is 15.2. The summed E-state index contributed by atoms with van der Waals surface area (Å²) in [5, 5.41) is 20.5. The number of aromatic nitrogens is 3. The molecule has 7 aromatic rings. The number of halogens is 3. The monoisotopic (exact) mass is 619 g/mol. The Labute approximate surface area is 262 Å². The normalized spacial score (nSPS) is 10.8. The zero-order chi connectivity index (χ0) is 32.1. The third-order valence-corrected chi connectivity index (χ3v) is 8.22. The average molecular weight is 620 g/mol. The Morgan fingerprint density at radius 3 is 1.93 bits per heavy atom. The van der Waals surface area contributed by atoms with E-state index >= 15 is 8.78 Å². The Balaban J connectivity index is 1.59. The summed E-state index contributed by atoms with van der Waals surface area (Å²) >= 11 is 0.985. The molecule has 5 aromatic carbocycles. The average Bonchev–Trinajstić information content (AvgIpc) is 3.57. The van der Waals surface area contributed by atoms with Crippen molar-refractivity contribution < 1.29 is 13.2 Å². The van der Waals surface area contributed by atoms with Gasteiger partial charge >= 0.3 is 0 Å². The smallest absolute Gasteiger partial charge is 0.177 e. The van der Waals surface area contributed by atoms with Crippen molar-refractivity contribution in [3.8, 4) is 45.5 Å². The Hall–Kier alpha value is -6.66. The summed E-state index contributed by atoms with van der Waals surface area (Å²) in [5.74, 6) is -4.39. The van der Waals surface area contributed by atoms with Crippen molar-refractivity contribution in [3.05, 3.63) is 124 Å². The number of hydrogen-bond donors (Lipinski definition) is 0. The summed E-state index contributed by atoms with van der Waals surface area (Å²) in [5.41, 5.74) is 1.90. The van der Waals surface area contributed by atoms with Gasteiger partial charge in [0.1, 0.15) is 34.3 Å². The summed E-state index contributed by atoms with van der Waals surface area (Å²) < 4.78 is 54.3. The van der Waals surface area contributed by atoms with Gasteiger partial charge in [0.15, 0.2) is 28.8 Å². The van der Waals surface area contributed by atoms with Gasteiger partial charge in [-0.2, -0.15) is 19.3 Å². The molecule has 7 nitrogen and oxygen atoms in total. The van der Waals surface area contributed by atoms with E-state index in [-0.39, 0.29) is 5.56 Å². The van der Waals surface area contributed by atoms with Crippen molar-refractivity contribution >= 4 is 55.8 Å². The molecule has 7 rings (SSSR count). The molecule has 0 aliphatic rings. The van der Waals surface area contributed by atoms with E-state index in [2.05, 4.69) is 23.4 Å². The molecule has 0 unspecified atom stereocenters. The van der Waals surface area contributed by atoms with Gasteiger partial charge in [-0.3, -0.25) is 4.98 Å². The highest BCUT2D eigenvalue weighted by Crippen LogP contribution is 2.47. The van der Waals surface area contributed by atoms with Gasteiger partial charge in [-0.25, -0.2) is 22.9 Å². The molecule has 0 bridgehead atoms. The number of hydrogen-bond acceptors (Lipinski definition) is 6. The number of fused-ring (bicyclic) bond motifs is 5. The largest absolute Gasteiger partial charge is 0.256 e. The Morgan fingerprint density at radius 1 is 0.652 bits per heavy atom. The van der Waals surface area contributed by atoms with Gasteiger partial charge in [0.05, 0.1) is 36.0 Å². The van der Waals surface area contributed by atoms with Crippen LogP contribution in [-0.2, 0) is 0 Å². The molecular formula is C35H12F3N7S. The van der Waals surface area contributed by atoms with Crippen LogP contribution in [0.15, 0.2) is 72.9 Å². The van der Waals surface area contributed by atoms with E-state index in [1.165, 1.54) is 30.3 Å². The Morgan fingerprint density at radius 2 is 1.30 bits per heavy atom. The van der Waals surface area contributed by atoms with Crippen molar-refractivity contribution in [1.82, 2.24) is 13.7 Å². The molecule has 0 N–H and O–H groups in total. The van der Waals surface area contributed by atoms with Crippen LogP contribution in [0.4, 0.5) is 24.5 Å². The van der Waals surface area contributed by atoms with Crippen molar-refractivity contribution in [2.75, 3.05) is 0 Å². The van der Waals surface area contributed by atoms with Gasteiger partial charge in [0.2, 0.25) is 0 Å². The first kappa shape index (κ1) is 28.1. The fourth-order valence-corrected chi connectivity index (χ4v) is 6.29. The molecule has 0 spiro atoms. The Kier molecular flexibility index (Phi) is 6.61. The van der Waals surface area contributed by atoms with Crippen LogP contribution in [0.1, 0.15) is 11.1 Å². The van der Waals surface area contributed by atoms with Crippen LogP contribution in [0, 0.1) is 53.3 Å². The molecule has 0 aliphatic carbocycles. The van der Waals surface area contributed by atoms with E-state index in [4.69, 9.17) is 13.1 Å². The highest BCUT2D eigenvalue weighted by atomic mass is 32.1. The van der Waals surface area contributed by atoms with Crippen molar-refractivity contribution in [1.29, 1.82) is 10.5 Å². The van der Waals surface area contributed by atoms with Gasteiger partial charge < -0.3 is 0 Å². The molecule has 0 atom stereocenters. The second-order valence-electron chi connectivity index (χ2n) is 10.1. The van der Waals surface area contributed by atoms with Crippen molar-refractivity contribution in [2.45, 2.75) is 0 Å². The van der Waals surface area contributed by atoms with Gasteiger partial charge in [0, 0.05) is 33.5 Å². The number of nitrogens with zero attached hydrogens (tertiary/aromatic N) is 7. The lowest BCUT2D eigenvalue weighted by Crippen LogP contribution is -2.03. The number of nitriles is 2. The standard InChI is InChI=1S/C35H12F3N7S/c1-41-20-10-19(11-21(13-20)42-2)28-27(17-6-4-3-5-7-17)25-16-43-26-12-18(8-9-22(26)30(25)35-34(28)44-46-45-35)29-32(37)23(14-39)31(36)24(15-40)33(29)38/h3-13,16H. The molecule has 0 saturated heterocycles. The molecule has 0 fully saturated rings. The minimum atomic E-state index is -1.55. The van der Waals surface area contributed by atoms with E-state index in [0.29, 0.717) is 55.2 Å². The van der Waals surface area contributed by atoms with Gasteiger partial charge in [-0.05, 0) is 22.8 Å². The first-order valence-corrected chi connectivity index (χ1v) is 14.1. The molecule has 2 aromatic heterocycles. The summed E-state index contributed by atoms with van der Waals surface area (Å²) in [6.07, 6.45) is 1.61. The van der Waals surface area contributed by atoms with Crippen molar-refractivity contribution in [2.24, 2.45) is 0 Å². The minimum Gasteiger partial charge on any atom is -0.256 e. The zero-order valence-electron chi connectivity index (χ0n) is 23.1. The van der Waals surface area contributed by atoms with Gasteiger partial charge in [-0.1, -0.05) is 60.7 Å². The van der Waals surface area contributed by atoms with E-state index in [1.807, 2.05) is 30.3 Å². The molecule has 0 aliphatic heterocycles. The zero-order valence-corrected chi connectivity index (χ0v) is 23.9. The molecule has 0 radical (unpaired) electrons. The topological polar surface area (TPSA) is 95.0 Å². The van der Waals surface area contributed by atoms with Crippen LogP contribution in [0.5, 0.6) is 0 Å². The Bertz CT molecular complexity index is 2550. The maximum atomic E-state index is 15.3. The van der Waals surface area contributed by atoms with Crippen LogP contribution >= 0.6 is 11.7 Å². The third-order valence-electron chi connectivity index (χ3n) is 7.69. The predicted molar refractivity (Wildman–Crippen MR) is 168 cm³/mol. The molecule has 2 heterocycles. The summed E-state index contributed by atoms with van der Waals surface area (Å²) in [4.78, 5) is 11.8. The molecule has 0 amide bonds. The van der Waals surface area contributed by atoms with Crippen LogP contribution in [0.3, 0.4) is 0 Å². The summed E-state index contributed by atoms with van der Waals surface area (Å²) in [7, 11) is 0. The molecule has 0 saturated carbocycles.